The molecule has 0 fully saturated rings. The summed E-state index contributed by atoms with van der Waals surface area (Å²) >= 11 is 0. The number of aliphatic carboxylic acids is 1. The number of benzene rings is 3. The van der Waals surface area contributed by atoms with E-state index < -0.39 is 21.5 Å². The number of carboxylic acids is 1. The molecular formula is C29H25N3O5S. The first-order chi connectivity index (χ1) is 18.2. The lowest BCUT2D eigenvalue weighted by Gasteiger charge is -2.31. The highest BCUT2D eigenvalue weighted by Gasteiger charge is 2.32. The van der Waals surface area contributed by atoms with Crippen molar-refractivity contribution in [3.8, 4) is 0 Å². The lowest BCUT2D eigenvalue weighted by molar-refractivity contribution is -0.136. The molecule has 0 saturated carbocycles. The summed E-state index contributed by atoms with van der Waals surface area (Å²) in [6.45, 7) is 0. The molecule has 192 valence electrons. The number of nitrogens with one attached hydrogen (secondary N) is 3. The van der Waals surface area contributed by atoms with Crippen LogP contribution in [0.15, 0.2) is 108 Å². The molecule has 1 amide bonds. The van der Waals surface area contributed by atoms with Gasteiger partial charge in [-0.3, -0.25) is 14.3 Å². The third-order valence-electron chi connectivity index (χ3n) is 6.29. The Morgan fingerprint density at radius 1 is 1.00 bits per heavy atom. The van der Waals surface area contributed by atoms with Crippen LogP contribution in [0.5, 0.6) is 0 Å². The van der Waals surface area contributed by atoms with Crippen LogP contribution in [0.4, 0.5) is 17.1 Å². The first kappa shape index (κ1) is 25.0. The van der Waals surface area contributed by atoms with Gasteiger partial charge in [0.1, 0.15) is 0 Å². The lowest BCUT2D eigenvalue weighted by Crippen LogP contribution is -2.35. The van der Waals surface area contributed by atoms with Gasteiger partial charge in [-0.2, -0.15) is 0 Å². The molecule has 3 aromatic rings. The number of rotatable bonds is 8. The third-order valence-corrected chi connectivity index (χ3v) is 7.69. The maximum absolute atomic E-state index is 13.0. The summed E-state index contributed by atoms with van der Waals surface area (Å²) < 4.78 is 28.3. The maximum Gasteiger partial charge on any atom is 0.307 e. The molecule has 1 aliphatic carbocycles. The molecule has 5 rings (SSSR count). The smallest absolute Gasteiger partial charge is 0.307 e. The minimum absolute atomic E-state index is 0.0641. The fourth-order valence-electron chi connectivity index (χ4n) is 4.49. The molecule has 0 bridgehead atoms. The van der Waals surface area contributed by atoms with Crippen LogP contribution >= 0.6 is 0 Å². The van der Waals surface area contributed by atoms with Crippen LogP contribution in [-0.2, 0) is 26.0 Å². The van der Waals surface area contributed by atoms with Gasteiger partial charge >= 0.3 is 5.97 Å². The number of carbonyl (C=O) groups excluding carboxylic acids is 1. The Kier molecular flexibility index (Phi) is 6.61. The monoisotopic (exact) mass is 527 g/mol. The number of sulfonamides is 1. The quantitative estimate of drug-likeness (QED) is 0.312. The summed E-state index contributed by atoms with van der Waals surface area (Å²) in [5, 5.41) is 15.4. The average molecular weight is 528 g/mol. The van der Waals surface area contributed by atoms with E-state index in [1.165, 1.54) is 12.1 Å². The second kappa shape index (κ2) is 10.0. The molecule has 0 saturated heterocycles. The number of carbonyl (C=O) groups is 2. The number of carboxylic acid groups (broad SMARTS) is 1. The maximum atomic E-state index is 13.0. The SMILES string of the molecule is O=C(O)Cc1ccc(NC2(/C=C3\C(=O)Nc4ccc(NS(=O)(=O)c5ccccc5)cc43)C=CC=CC2)cc1. The van der Waals surface area contributed by atoms with Crippen LogP contribution in [0, 0.1) is 0 Å². The van der Waals surface area contributed by atoms with Gasteiger partial charge in [-0.15, -0.1) is 0 Å². The Morgan fingerprint density at radius 3 is 2.42 bits per heavy atom. The van der Waals surface area contributed by atoms with E-state index in [1.807, 2.05) is 42.5 Å². The molecule has 0 spiro atoms. The second-order valence-corrected chi connectivity index (χ2v) is 10.8. The number of hydrogen-bond donors (Lipinski definition) is 4. The first-order valence-electron chi connectivity index (χ1n) is 11.9. The number of hydrogen-bond acceptors (Lipinski definition) is 5. The van der Waals surface area contributed by atoms with Gasteiger partial charge in [0.25, 0.3) is 15.9 Å². The molecule has 9 heteroatoms. The zero-order valence-corrected chi connectivity index (χ0v) is 21.0. The van der Waals surface area contributed by atoms with Crippen molar-refractivity contribution in [2.45, 2.75) is 23.3 Å². The zero-order valence-electron chi connectivity index (χ0n) is 20.2. The van der Waals surface area contributed by atoms with Gasteiger partial charge in [0.05, 0.1) is 16.9 Å². The van der Waals surface area contributed by atoms with E-state index >= 15 is 0 Å². The Morgan fingerprint density at radius 2 is 1.74 bits per heavy atom. The van der Waals surface area contributed by atoms with Crippen LogP contribution < -0.4 is 15.4 Å². The summed E-state index contributed by atoms with van der Waals surface area (Å²) in [6.07, 6.45) is 10.1. The molecule has 4 N–H and O–H groups in total. The van der Waals surface area contributed by atoms with Gasteiger partial charge in [-0.1, -0.05) is 54.6 Å². The highest BCUT2D eigenvalue weighted by atomic mass is 32.2. The van der Waals surface area contributed by atoms with E-state index in [1.54, 1.807) is 48.5 Å². The van der Waals surface area contributed by atoms with Crippen LogP contribution in [0.25, 0.3) is 5.57 Å². The number of fused-ring (bicyclic) bond motifs is 1. The molecule has 1 aliphatic heterocycles. The van der Waals surface area contributed by atoms with Gasteiger partial charge in [0, 0.05) is 28.2 Å². The first-order valence-corrected chi connectivity index (χ1v) is 13.4. The molecule has 3 aromatic carbocycles. The summed E-state index contributed by atoms with van der Waals surface area (Å²) in [6, 6.07) is 20.1. The zero-order chi connectivity index (χ0) is 26.8. The molecule has 0 aromatic heterocycles. The largest absolute Gasteiger partial charge is 0.481 e. The third kappa shape index (κ3) is 5.37. The standard InChI is InChI=1S/C29H25N3O5S/c33-27(34)17-20-9-11-21(12-10-20)31-29(15-5-2-6-16-29)19-25-24-18-22(13-14-26(24)30-28(25)35)32-38(36,37)23-7-3-1-4-8-23/h1-15,18-19,31-32H,16-17H2,(H,30,35)(H,33,34)/b25-19-. The summed E-state index contributed by atoms with van der Waals surface area (Å²) in [4.78, 5) is 24.2. The minimum atomic E-state index is -3.80. The van der Waals surface area contributed by atoms with E-state index in [2.05, 4.69) is 15.4 Å². The van der Waals surface area contributed by atoms with E-state index in [4.69, 9.17) is 5.11 Å². The van der Waals surface area contributed by atoms with Gasteiger partial charge < -0.3 is 15.7 Å². The van der Waals surface area contributed by atoms with Crippen molar-refractivity contribution in [1.82, 2.24) is 0 Å². The summed E-state index contributed by atoms with van der Waals surface area (Å²) in [5.41, 5.74) is 2.64. The predicted octanol–water partition coefficient (Wildman–Crippen LogP) is 4.82. The molecule has 1 heterocycles. The van der Waals surface area contributed by atoms with Crippen LogP contribution in [0.2, 0.25) is 0 Å². The topological polar surface area (TPSA) is 125 Å². The Bertz CT molecular complexity index is 1590. The van der Waals surface area contributed by atoms with E-state index in [9.17, 15) is 18.0 Å². The van der Waals surface area contributed by atoms with Crippen LogP contribution in [0.1, 0.15) is 17.5 Å². The summed E-state index contributed by atoms with van der Waals surface area (Å²) in [7, 11) is -3.80. The van der Waals surface area contributed by atoms with E-state index in [-0.39, 0.29) is 17.2 Å². The van der Waals surface area contributed by atoms with Gasteiger partial charge in [-0.25, -0.2) is 8.42 Å². The predicted molar refractivity (Wildman–Crippen MR) is 147 cm³/mol. The van der Waals surface area contributed by atoms with Crippen molar-refractivity contribution in [2.75, 3.05) is 15.4 Å². The van der Waals surface area contributed by atoms with Crippen molar-refractivity contribution in [1.29, 1.82) is 0 Å². The molecule has 2 aliphatic rings. The van der Waals surface area contributed by atoms with Crippen molar-refractivity contribution in [2.24, 2.45) is 0 Å². The van der Waals surface area contributed by atoms with E-state index in [0.717, 1.165) is 5.69 Å². The Labute approximate surface area is 220 Å². The minimum Gasteiger partial charge on any atom is -0.481 e. The van der Waals surface area contributed by atoms with Gasteiger partial charge in [-0.05, 0) is 60.5 Å². The Hall–Kier alpha value is -4.63. The number of amides is 1. The van der Waals surface area contributed by atoms with Crippen molar-refractivity contribution in [3.05, 3.63) is 114 Å². The highest BCUT2D eigenvalue weighted by Crippen LogP contribution is 2.38. The molecular weight excluding hydrogens is 502 g/mol. The lowest BCUT2D eigenvalue weighted by atomic mass is 9.87. The van der Waals surface area contributed by atoms with Crippen molar-refractivity contribution < 1.29 is 23.1 Å². The molecule has 1 unspecified atom stereocenters. The van der Waals surface area contributed by atoms with Crippen molar-refractivity contribution >= 4 is 44.5 Å². The van der Waals surface area contributed by atoms with Crippen LogP contribution in [-0.4, -0.2) is 30.9 Å². The fourth-order valence-corrected chi connectivity index (χ4v) is 5.56. The van der Waals surface area contributed by atoms with E-state index in [0.29, 0.717) is 34.5 Å². The van der Waals surface area contributed by atoms with Gasteiger partial charge in [0.2, 0.25) is 0 Å². The molecule has 0 radical (unpaired) electrons. The highest BCUT2D eigenvalue weighted by molar-refractivity contribution is 7.92. The molecule has 38 heavy (non-hydrogen) atoms. The number of allylic oxidation sites excluding steroid dienone is 2. The van der Waals surface area contributed by atoms with Crippen LogP contribution in [0.3, 0.4) is 0 Å². The van der Waals surface area contributed by atoms with Crippen molar-refractivity contribution in [3.63, 3.8) is 0 Å². The average Bonchev–Trinajstić information content (AvgIpc) is 3.20. The fraction of sp³-hybridized carbons (Fsp3) is 0.103. The molecule has 1 atom stereocenters. The molecule has 8 nitrogen and oxygen atoms in total. The number of anilines is 3. The second-order valence-electron chi connectivity index (χ2n) is 9.12. The normalized spacial score (nSPS) is 19.2. The van der Waals surface area contributed by atoms with Gasteiger partial charge in [0.15, 0.2) is 0 Å². The summed E-state index contributed by atoms with van der Waals surface area (Å²) in [5.74, 6) is -1.19. The Balaban J connectivity index is 1.47.